The van der Waals surface area contributed by atoms with Crippen LogP contribution in [0.25, 0.3) is 0 Å². The summed E-state index contributed by atoms with van der Waals surface area (Å²) in [5.41, 5.74) is 2.51. The molecule has 0 bridgehead atoms. The van der Waals surface area contributed by atoms with Crippen LogP contribution in [0.3, 0.4) is 0 Å². The number of aromatic nitrogens is 3. The van der Waals surface area contributed by atoms with E-state index in [1.807, 2.05) is 48.7 Å². The molecule has 0 saturated carbocycles. The van der Waals surface area contributed by atoms with E-state index >= 15 is 0 Å². The number of hydrogen-bond donors (Lipinski definition) is 2. The predicted octanol–water partition coefficient (Wildman–Crippen LogP) is 6.05. The molecule has 0 aliphatic rings. The van der Waals surface area contributed by atoms with Crippen molar-refractivity contribution in [3.63, 3.8) is 0 Å². The van der Waals surface area contributed by atoms with Gasteiger partial charge in [-0.05, 0) is 70.3 Å². The van der Waals surface area contributed by atoms with Gasteiger partial charge in [-0.1, -0.05) is 63.7 Å². The van der Waals surface area contributed by atoms with Gasteiger partial charge in [-0.25, -0.2) is 0 Å². The smallest absolute Gasteiger partial charge is 0.251 e. The number of benzene rings is 2. The maximum absolute atomic E-state index is 12.8. The Balaban J connectivity index is 1.76. The topological polar surface area (TPSA) is 88.9 Å². The third-order valence-electron chi connectivity index (χ3n) is 5.57. The molecule has 1 atom stereocenters. The van der Waals surface area contributed by atoms with Crippen molar-refractivity contribution in [2.75, 3.05) is 11.1 Å². The molecule has 0 aliphatic heterocycles. The average Bonchev–Trinajstić information content (AvgIpc) is 3.24. The monoisotopic (exact) mass is 617 g/mol. The Bertz CT molecular complexity index is 1210. The van der Waals surface area contributed by atoms with Crippen LogP contribution in [0.5, 0.6) is 0 Å². The first-order chi connectivity index (χ1) is 17.2. The Hall–Kier alpha value is -2.66. The van der Waals surface area contributed by atoms with E-state index in [-0.39, 0.29) is 29.5 Å². The predicted molar refractivity (Wildman–Crippen MR) is 154 cm³/mol. The fraction of sp³-hybridized carbons (Fsp3) is 0.333. The van der Waals surface area contributed by atoms with Gasteiger partial charge in [0.05, 0.1) is 11.8 Å². The lowest BCUT2D eigenvalue weighted by molar-refractivity contribution is -0.113. The molecule has 2 N–H and O–H groups in total. The molecule has 190 valence electrons. The summed E-state index contributed by atoms with van der Waals surface area (Å²) in [4.78, 5) is 25.6. The van der Waals surface area contributed by atoms with Crippen LogP contribution in [0.1, 0.15) is 61.4 Å². The quantitative estimate of drug-likeness (QED) is 0.155. The molecular weight excluding hydrogens is 585 g/mol. The number of rotatable bonds is 11. The fourth-order valence-electron chi connectivity index (χ4n) is 3.72. The highest BCUT2D eigenvalue weighted by Crippen LogP contribution is 2.28. The molecule has 1 heterocycles. The molecule has 2 amide bonds. The Labute approximate surface area is 230 Å². The number of halogens is 1. The third-order valence-corrected chi connectivity index (χ3v) is 7.20. The number of nitrogens with one attached hydrogen (secondary N) is 2. The molecule has 36 heavy (non-hydrogen) atoms. The van der Waals surface area contributed by atoms with Crippen LogP contribution in [0.4, 0.5) is 5.69 Å². The molecule has 0 spiro atoms. The molecule has 3 aromatic rings. The van der Waals surface area contributed by atoms with Gasteiger partial charge in [0.2, 0.25) is 5.91 Å². The second-order valence-electron chi connectivity index (χ2n) is 9.02. The first-order valence-electron chi connectivity index (χ1n) is 11.8. The number of allylic oxidation sites excluding steroid dienone is 1. The largest absolute Gasteiger partial charge is 0.342 e. The van der Waals surface area contributed by atoms with Crippen LogP contribution < -0.4 is 10.6 Å². The summed E-state index contributed by atoms with van der Waals surface area (Å²) in [6.07, 6.45) is 1.76. The zero-order chi connectivity index (χ0) is 26.2. The molecule has 7 nitrogen and oxygen atoms in total. The van der Waals surface area contributed by atoms with Gasteiger partial charge in [-0.15, -0.1) is 16.8 Å². The van der Waals surface area contributed by atoms with Crippen molar-refractivity contribution < 1.29 is 9.59 Å². The van der Waals surface area contributed by atoms with Gasteiger partial charge >= 0.3 is 0 Å². The van der Waals surface area contributed by atoms with E-state index in [0.29, 0.717) is 29.0 Å². The van der Waals surface area contributed by atoms with Gasteiger partial charge in [0.15, 0.2) is 11.0 Å². The molecule has 0 saturated heterocycles. The molecule has 0 aliphatic carbocycles. The molecule has 0 radical (unpaired) electrons. The van der Waals surface area contributed by atoms with E-state index in [9.17, 15) is 9.59 Å². The number of hydrogen-bond acceptors (Lipinski definition) is 5. The molecule has 3 rings (SSSR count). The highest BCUT2D eigenvalue weighted by Gasteiger charge is 2.26. The van der Waals surface area contributed by atoms with E-state index in [4.69, 9.17) is 0 Å². The van der Waals surface area contributed by atoms with Gasteiger partial charge in [0.1, 0.15) is 0 Å². The summed E-state index contributed by atoms with van der Waals surface area (Å²) in [6, 6.07) is 14.8. The van der Waals surface area contributed by atoms with E-state index < -0.39 is 0 Å². The summed E-state index contributed by atoms with van der Waals surface area (Å²) in [6.45, 7) is 12.6. The number of carbonyl (C=O) groups excluding carboxylic acids is 2. The highest BCUT2D eigenvalue weighted by atomic mass is 127. The Morgan fingerprint density at radius 1 is 1.11 bits per heavy atom. The molecule has 1 aromatic heterocycles. The van der Waals surface area contributed by atoms with E-state index in [0.717, 1.165) is 14.8 Å². The van der Waals surface area contributed by atoms with E-state index in [2.05, 4.69) is 69.9 Å². The molecule has 0 fully saturated rings. The summed E-state index contributed by atoms with van der Waals surface area (Å²) in [5.74, 6) is 0.894. The van der Waals surface area contributed by atoms with Gasteiger partial charge in [0, 0.05) is 21.4 Å². The van der Waals surface area contributed by atoms with E-state index in [1.54, 1.807) is 18.2 Å². The standard InChI is InChI=1S/C27H32IN5O2S/c1-6-14-33-25(24(18(4)5)30-26(35)19-10-8-7-9-11-19)31-32-27(33)36-16-23(34)29-22-13-12-20(28)15-21(22)17(2)3/h6-13,15,17-18,24H,1,14,16H2,2-5H3,(H,29,34)(H,30,35)/t24-/m0/s1. The summed E-state index contributed by atoms with van der Waals surface area (Å²) in [5, 5.41) is 15.5. The summed E-state index contributed by atoms with van der Waals surface area (Å²) >= 11 is 3.59. The number of nitrogens with zero attached hydrogens (tertiary/aromatic N) is 3. The van der Waals surface area contributed by atoms with Crippen LogP contribution in [0, 0.1) is 9.49 Å². The number of thioether (sulfide) groups is 1. The lowest BCUT2D eigenvalue weighted by Crippen LogP contribution is -2.33. The lowest BCUT2D eigenvalue weighted by atomic mass is 10.0. The number of anilines is 1. The minimum atomic E-state index is -0.353. The Morgan fingerprint density at radius 3 is 2.47 bits per heavy atom. The maximum atomic E-state index is 12.8. The number of amides is 2. The van der Waals surface area contributed by atoms with Crippen LogP contribution >= 0.6 is 34.4 Å². The van der Waals surface area contributed by atoms with Crippen LogP contribution in [0.2, 0.25) is 0 Å². The maximum Gasteiger partial charge on any atom is 0.251 e. The van der Waals surface area contributed by atoms with Crippen molar-refractivity contribution in [3.05, 3.63) is 81.7 Å². The Morgan fingerprint density at radius 2 is 1.83 bits per heavy atom. The van der Waals surface area contributed by atoms with E-state index in [1.165, 1.54) is 11.8 Å². The van der Waals surface area contributed by atoms with Crippen molar-refractivity contribution in [3.8, 4) is 0 Å². The Kier molecular flexibility index (Phi) is 10.1. The molecule has 0 unspecified atom stereocenters. The zero-order valence-electron chi connectivity index (χ0n) is 21.0. The lowest BCUT2D eigenvalue weighted by Gasteiger charge is -2.22. The van der Waals surface area contributed by atoms with Crippen LogP contribution in [-0.2, 0) is 11.3 Å². The fourth-order valence-corrected chi connectivity index (χ4v) is 4.99. The SMILES string of the molecule is C=CCn1c(SCC(=O)Nc2ccc(I)cc2C(C)C)nnc1[C@@H](NC(=O)c1ccccc1)C(C)C. The minimum Gasteiger partial charge on any atom is -0.342 e. The van der Waals surface area contributed by atoms with Crippen molar-refractivity contribution in [1.82, 2.24) is 20.1 Å². The van der Waals surface area contributed by atoms with Gasteiger partial charge in [-0.3, -0.25) is 9.59 Å². The zero-order valence-corrected chi connectivity index (χ0v) is 24.0. The van der Waals surface area contributed by atoms with Crippen LogP contribution in [0.15, 0.2) is 66.3 Å². The summed E-state index contributed by atoms with van der Waals surface area (Å²) in [7, 11) is 0. The summed E-state index contributed by atoms with van der Waals surface area (Å²) < 4.78 is 3.04. The number of carbonyl (C=O) groups is 2. The van der Waals surface area contributed by atoms with Gasteiger partial charge in [0.25, 0.3) is 5.91 Å². The van der Waals surface area contributed by atoms with Crippen LogP contribution in [-0.4, -0.2) is 32.3 Å². The van der Waals surface area contributed by atoms with Gasteiger partial charge in [-0.2, -0.15) is 0 Å². The normalized spacial score (nSPS) is 12.0. The molecule has 9 heteroatoms. The first kappa shape index (κ1) is 27.9. The first-order valence-corrected chi connectivity index (χ1v) is 13.9. The highest BCUT2D eigenvalue weighted by molar-refractivity contribution is 14.1. The second-order valence-corrected chi connectivity index (χ2v) is 11.2. The van der Waals surface area contributed by atoms with Crippen molar-refractivity contribution in [2.24, 2.45) is 5.92 Å². The molecule has 2 aromatic carbocycles. The average molecular weight is 618 g/mol. The third kappa shape index (κ3) is 7.19. The van der Waals surface area contributed by atoms with Gasteiger partial charge < -0.3 is 15.2 Å². The van der Waals surface area contributed by atoms with Crippen molar-refractivity contribution >= 4 is 51.9 Å². The van der Waals surface area contributed by atoms with Crippen molar-refractivity contribution in [1.29, 1.82) is 0 Å². The van der Waals surface area contributed by atoms with Crippen molar-refractivity contribution in [2.45, 2.75) is 51.4 Å². The second kappa shape index (κ2) is 13.0. The molecular formula is C27H32IN5O2S. The minimum absolute atomic E-state index is 0.0712.